The lowest BCUT2D eigenvalue weighted by atomic mass is 9.97. The minimum absolute atomic E-state index is 0.103. The smallest absolute Gasteiger partial charge is 0.341 e. The second kappa shape index (κ2) is 12.1. The highest BCUT2D eigenvalue weighted by Gasteiger charge is 2.25. The lowest BCUT2D eigenvalue weighted by Crippen LogP contribution is -2.12. The molecular weight excluding hydrogens is 490 g/mol. The summed E-state index contributed by atoms with van der Waals surface area (Å²) in [5.41, 5.74) is 10.1. The Labute approximate surface area is 219 Å². The molecule has 1 aromatic carbocycles. The van der Waals surface area contributed by atoms with E-state index in [1.54, 1.807) is 11.3 Å². The van der Waals surface area contributed by atoms with Gasteiger partial charge in [-0.1, -0.05) is 43.8 Å². The lowest BCUT2D eigenvalue weighted by molar-refractivity contribution is -0.139. The van der Waals surface area contributed by atoms with Crippen LogP contribution >= 0.6 is 11.3 Å². The van der Waals surface area contributed by atoms with Gasteiger partial charge in [-0.05, 0) is 49.1 Å². The number of carbonyl (C=O) groups excluding carboxylic acids is 2. The van der Waals surface area contributed by atoms with E-state index >= 15 is 0 Å². The van der Waals surface area contributed by atoms with Crippen LogP contribution in [0.15, 0.2) is 49.2 Å². The maximum Gasteiger partial charge on any atom is 0.341 e. The third-order valence-electron chi connectivity index (χ3n) is 5.72. The molecule has 0 saturated heterocycles. The summed E-state index contributed by atoms with van der Waals surface area (Å²) < 4.78 is 7.49. The van der Waals surface area contributed by atoms with E-state index in [2.05, 4.69) is 41.6 Å². The number of rotatable bonds is 9. The zero-order valence-corrected chi connectivity index (χ0v) is 21.8. The number of Topliss-reactive ketones (excluding diaryl/α,β-unsaturated/α-hetero) is 1. The number of hydrogen-bond donors (Lipinski definition) is 2. The van der Waals surface area contributed by atoms with Gasteiger partial charge in [-0.25, -0.2) is 9.78 Å². The number of nitrogens with zero attached hydrogens (tertiary/aromatic N) is 2. The Morgan fingerprint density at radius 1 is 1.24 bits per heavy atom. The molecule has 0 bridgehead atoms. The first-order valence-corrected chi connectivity index (χ1v) is 12.4. The monoisotopic (exact) mass is 519 g/mol. The van der Waals surface area contributed by atoms with Crippen molar-refractivity contribution in [2.45, 2.75) is 33.6 Å². The number of thiophene rings is 1. The molecule has 1 amide bonds. The van der Waals surface area contributed by atoms with Crippen LogP contribution < -0.4 is 10.5 Å². The van der Waals surface area contributed by atoms with Crippen LogP contribution in [0.5, 0.6) is 5.88 Å². The number of carboxylic acids is 1. The number of ether oxygens (including phenoxy) is 1. The Hall–Kier alpha value is -4.24. The fraction of sp³-hybridized carbons (Fsp3) is 0.214. The Morgan fingerprint density at radius 3 is 2.54 bits per heavy atom. The molecule has 8 nitrogen and oxygen atoms in total. The molecule has 3 N–H and O–H groups in total. The van der Waals surface area contributed by atoms with Crippen molar-refractivity contribution in [1.82, 2.24) is 9.38 Å². The third kappa shape index (κ3) is 5.95. The molecule has 0 atom stereocenters. The van der Waals surface area contributed by atoms with Crippen molar-refractivity contribution >= 4 is 41.1 Å². The van der Waals surface area contributed by atoms with Gasteiger partial charge in [0.2, 0.25) is 12.3 Å². The summed E-state index contributed by atoms with van der Waals surface area (Å²) in [5.74, 6) is -1.04. The molecule has 0 unspecified atom stereocenters. The minimum atomic E-state index is -1.10. The first-order valence-electron chi connectivity index (χ1n) is 11.6. The predicted octanol–water partition coefficient (Wildman–Crippen LogP) is 4.93. The predicted molar refractivity (Wildman–Crippen MR) is 145 cm³/mol. The van der Waals surface area contributed by atoms with E-state index in [4.69, 9.17) is 14.6 Å². The van der Waals surface area contributed by atoms with E-state index in [9.17, 15) is 9.59 Å². The Morgan fingerprint density at radius 2 is 1.95 bits per heavy atom. The number of fused-ring (bicyclic) bond motifs is 1. The third-order valence-corrected chi connectivity index (χ3v) is 6.84. The van der Waals surface area contributed by atoms with Crippen molar-refractivity contribution in [1.29, 1.82) is 0 Å². The van der Waals surface area contributed by atoms with Crippen LogP contribution in [0.3, 0.4) is 0 Å². The van der Waals surface area contributed by atoms with E-state index in [1.807, 2.05) is 42.7 Å². The molecule has 0 spiro atoms. The van der Waals surface area contributed by atoms with Crippen LogP contribution in [-0.4, -0.2) is 39.3 Å². The SMILES string of the molecule is C=Cc1ccc(-c2ccccc2Cc2c(CC)c(C(C)=O)c3c(OCC(=O)O)nc(C)cn23)s1.NC=O. The largest absolute Gasteiger partial charge is 0.479 e. The maximum atomic E-state index is 12.8. The number of carboxylic acid groups (broad SMARTS) is 1. The number of aryl methyl sites for hydroxylation is 1. The van der Waals surface area contributed by atoms with Crippen LogP contribution in [0.4, 0.5) is 0 Å². The molecule has 192 valence electrons. The lowest BCUT2D eigenvalue weighted by Gasteiger charge is -2.12. The van der Waals surface area contributed by atoms with Crippen LogP contribution in [0, 0.1) is 6.92 Å². The van der Waals surface area contributed by atoms with Crippen molar-refractivity contribution < 1.29 is 24.2 Å². The van der Waals surface area contributed by atoms with E-state index in [0.717, 1.165) is 32.1 Å². The summed E-state index contributed by atoms with van der Waals surface area (Å²) in [6, 6.07) is 12.4. The fourth-order valence-corrected chi connectivity index (χ4v) is 5.27. The van der Waals surface area contributed by atoms with Crippen LogP contribution in [0.25, 0.3) is 22.0 Å². The molecule has 0 radical (unpaired) electrons. The number of benzene rings is 1. The molecule has 9 heteroatoms. The van der Waals surface area contributed by atoms with Crippen molar-refractivity contribution in [2.75, 3.05) is 6.61 Å². The van der Waals surface area contributed by atoms with Gasteiger partial charge >= 0.3 is 5.97 Å². The van der Waals surface area contributed by atoms with E-state index in [0.29, 0.717) is 29.6 Å². The topological polar surface area (TPSA) is 124 Å². The number of ketones is 1. The number of aromatic nitrogens is 2. The summed E-state index contributed by atoms with van der Waals surface area (Å²) in [5, 5.41) is 9.12. The Kier molecular flexibility index (Phi) is 8.97. The molecule has 3 heterocycles. The van der Waals surface area contributed by atoms with Gasteiger partial charge in [0.15, 0.2) is 12.4 Å². The number of nitrogens with two attached hydrogens (primary N) is 1. The first-order chi connectivity index (χ1) is 17.7. The number of hydrogen-bond acceptors (Lipinski definition) is 6. The Bertz CT molecular complexity index is 1470. The molecule has 0 fully saturated rings. The molecule has 4 aromatic rings. The molecule has 0 aliphatic rings. The van der Waals surface area contributed by atoms with Crippen LogP contribution in [0.1, 0.15) is 51.6 Å². The molecule has 0 aliphatic heterocycles. The normalized spacial score (nSPS) is 10.5. The summed E-state index contributed by atoms with van der Waals surface area (Å²) in [4.78, 5) is 39.2. The standard InChI is InChI=1S/C27H26N2O4S.CH3NO/c1-5-19-11-12-23(34-19)21-10-8-7-9-18(21)13-22-20(6-2)25(17(4)30)26-27(33-15-24(31)32)28-16(3)14-29(22)26;2-1-3/h5,7-12,14H,1,6,13,15H2,2-4H3,(H,31,32);1H,(H2,2,3). The van der Waals surface area contributed by atoms with Crippen molar-refractivity contribution in [3.05, 3.63) is 82.1 Å². The Balaban J connectivity index is 0.00000121. The zero-order chi connectivity index (χ0) is 27.1. The van der Waals surface area contributed by atoms with Gasteiger partial charge in [-0.2, -0.15) is 0 Å². The average Bonchev–Trinajstić information content (AvgIpc) is 3.46. The second-order valence-electron chi connectivity index (χ2n) is 8.17. The van der Waals surface area contributed by atoms with Crippen molar-refractivity contribution in [3.8, 4) is 16.3 Å². The molecule has 4 rings (SSSR count). The second-order valence-corrected chi connectivity index (χ2v) is 9.29. The van der Waals surface area contributed by atoms with Crippen LogP contribution in [0.2, 0.25) is 0 Å². The van der Waals surface area contributed by atoms with Gasteiger partial charge in [0.25, 0.3) is 0 Å². The molecule has 37 heavy (non-hydrogen) atoms. The van der Waals surface area contributed by atoms with Gasteiger partial charge in [0, 0.05) is 28.1 Å². The summed E-state index contributed by atoms with van der Waals surface area (Å²) in [6.45, 7) is 8.70. The number of aliphatic carboxylic acids is 1. The molecule has 3 aromatic heterocycles. The quantitative estimate of drug-likeness (QED) is 0.239. The molecular formula is C28H29N3O5S. The van der Waals surface area contributed by atoms with E-state index in [-0.39, 0.29) is 18.1 Å². The fourth-order valence-electron chi connectivity index (χ4n) is 4.35. The van der Waals surface area contributed by atoms with Gasteiger partial charge in [0.05, 0.1) is 11.3 Å². The average molecular weight is 520 g/mol. The number of carbonyl (C=O) groups is 3. The van der Waals surface area contributed by atoms with Crippen molar-refractivity contribution in [3.63, 3.8) is 0 Å². The van der Waals surface area contributed by atoms with E-state index < -0.39 is 12.6 Å². The van der Waals surface area contributed by atoms with Gasteiger partial charge in [0.1, 0.15) is 5.52 Å². The summed E-state index contributed by atoms with van der Waals surface area (Å²) >= 11 is 1.68. The number of primary amides is 1. The summed E-state index contributed by atoms with van der Waals surface area (Å²) in [7, 11) is 0. The highest BCUT2D eigenvalue weighted by atomic mass is 32.1. The van der Waals surface area contributed by atoms with Gasteiger partial charge in [-0.3, -0.25) is 9.59 Å². The number of amides is 1. The van der Waals surface area contributed by atoms with Crippen LogP contribution in [-0.2, 0) is 22.4 Å². The van der Waals surface area contributed by atoms with Gasteiger partial charge in [-0.15, -0.1) is 11.3 Å². The van der Waals surface area contributed by atoms with Gasteiger partial charge < -0.3 is 20.0 Å². The molecule has 0 aliphatic carbocycles. The van der Waals surface area contributed by atoms with Crippen molar-refractivity contribution in [2.24, 2.45) is 5.73 Å². The van der Waals surface area contributed by atoms with E-state index in [1.165, 1.54) is 6.92 Å². The highest BCUT2D eigenvalue weighted by molar-refractivity contribution is 7.16. The molecule has 0 saturated carbocycles. The minimum Gasteiger partial charge on any atom is -0.479 e. The highest BCUT2D eigenvalue weighted by Crippen LogP contribution is 2.36. The summed E-state index contributed by atoms with van der Waals surface area (Å²) in [6.07, 6.45) is 5.22. The maximum absolute atomic E-state index is 12.8. The first kappa shape index (κ1) is 27.3. The zero-order valence-electron chi connectivity index (χ0n) is 21.0.